The second kappa shape index (κ2) is 5.56. The molecule has 4 heteroatoms. The van der Waals surface area contributed by atoms with E-state index < -0.39 is 17.9 Å². The average Bonchev–Trinajstić information content (AvgIpc) is 2.25. The summed E-state index contributed by atoms with van der Waals surface area (Å²) in [4.78, 5) is 0. The van der Waals surface area contributed by atoms with Crippen LogP contribution in [0.5, 0.6) is 0 Å². The first-order chi connectivity index (χ1) is 9.15. The van der Waals surface area contributed by atoms with E-state index in [2.05, 4.69) is 20.8 Å². The molecule has 1 aliphatic heterocycles. The molecule has 1 N–H and O–H groups in total. The maximum atomic E-state index is 10.0. The number of aliphatic hydroxyl groups is 1. The summed E-state index contributed by atoms with van der Waals surface area (Å²) >= 11 is 0. The van der Waals surface area contributed by atoms with Crippen molar-refractivity contribution in [3.63, 3.8) is 0 Å². The van der Waals surface area contributed by atoms with Gasteiger partial charge >= 0.3 is 5.97 Å². The number of ether oxygens (including phenoxy) is 3. The molecule has 1 heterocycles. The van der Waals surface area contributed by atoms with Crippen molar-refractivity contribution in [2.24, 2.45) is 17.8 Å². The van der Waals surface area contributed by atoms with E-state index in [4.69, 9.17) is 14.2 Å². The van der Waals surface area contributed by atoms with Crippen LogP contribution in [0.1, 0.15) is 60.8 Å². The molecule has 1 saturated carbocycles. The van der Waals surface area contributed by atoms with Crippen LogP contribution in [0.4, 0.5) is 0 Å². The van der Waals surface area contributed by atoms with Crippen molar-refractivity contribution < 1.29 is 19.3 Å². The molecule has 2 fully saturated rings. The second-order valence-electron chi connectivity index (χ2n) is 7.37. The Hall–Kier alpha value is -0.160. The Morgan fingerprint density at radius 2 is 1.75 bits per heavy atom. The summed E-state index contributed by atoms with van der Waals surface area (Å²) in [5, 5.41) is 10.0. The first-order valence-corrected chi connectivity index (χ1v) is 7.91. The predicted octanol–water partition coefficient (Wildman–Crippen LogP) is 3.28. The third kappa shape index (κ3) is 3.19. The van der Waals surface area contributed by atoms with Crippen molar-refractivity contribution in [1.29, 1.82) is 0 Å². The molecular weight excluding hydrogens is 256 g/mol. The Balaban J connectivity index is 2.08. The molecule has 1 saturated heterocycles. The second-order valence-corrected chi connectivity index (χ2v) is 7.37. The molecule has 2 rings (SSSR count). The number of rotatable bonds is 4. The normalized spacial score (nSPS) is 37.5. The highest BCUT2D eigenvalue weighted by Crippen LogP contribution is 2.45. The standard InChI is InChI=1S/C16H30O4/c1-10(2)13-8-7-11(3)9-14(13)18-16(12(4)17)19-15(5,6)20-16/h10-14,17H,7-9H2,1-6H3. The number of aliphatic hydroxyl groups excluding tert-OH is 1. The lowest BCUT2D eigenvalue weighted by Crippen LogP contribution is -2.67. The van der Waals surface area contributed by atoms with Gasteiger partial charge in [0.15, 0.2) is 5.79 Å². The molecule has 1 aliphatic carbocycles. The van der Waals surface area contributed by atoms with Crippen LogP contribution in [0.15, 0.2) is 0 Å². The fourth-order valence-corrected chi connectivity index (χ4v) is 3.47. The van der Waals surface area contributed by atoms with E-state index in [1.165, 1.54) is 12.8 Å². The molecule has 0 aromatic rings. The van der Waals surface area contributed by atoms with Crippen LogP contribution in [0, 0.1) is 17.8 Å². The van der Waals surface area contributed by atoms with E-state index in [0.29, 0.717) is 17.8 Å². The Morgan fingerprint density at radius 1 is 1.15 bits per heavy atom. The summed E-state index contributed by atoms with van der Waals surface area (Å²) in [6.45, 7) is 12.1. The molecule has 0 amide bonds. The third-order valence-electron chi connectivity index (χ3n) is 4.56. The van der Waals surface area contributed by atoms with Crippen LogP contribution >= 0.6 is 0 Å². The maximum absolute atomic E-state index is 10.0. The van der Waals surface area contributed by atoms with Crippen molar-refractivity contribution in [3.05, 3.63) is 0 Å². The van der Waals surface area contributed by atoms with Gasteiger partial charge in [-0.3, -0.25) is 9.47 Å². The SMILES string of the molecule is CC1CCC(C(C)C)C(OC2(C(C)O)OC(C)(C)O2)C1. The fraction of sp³-hybridized carbons (Fsp3) is 1.00. The van der Waals surface area contributed by atoms with Gasteiger partial charge < -0.3 is 9.84 Å². The van der Waals surface area contributed by atoms with Gasteiger partial charge in [-0.2, -0.15) is 0 Å². The monoisotopic (exact) mass is 286 g/mol. The van der Waals surface area contributed by atoms with Gasteiger partial charge in [-0.25, -0.2) is 0 Å². The van der Waals surface area contributed by atoms with Gasteiger partial charge in [-0.1, -0.05) is 27.2 Å². The fourth-order valence-electron chi connectivity index (χ4n) is 3.47. The van der Waals surface area contributed by atoms with E-state index in [9.17, 15) is 5.11 Å². The lowest BCUT2D eigenvalue weighted by Gasteiger charge is -2.55. The molecule has 2 aliphatic rings. The van der Waals surface area contributed by atoms with Crippen LogP contribution in [0.25, 0.3) is 0 Å². The quantitative estimate of drug-likeness (QED) is 0.861. The van der Waals surface area contributed by atoms with Gasteiger partial charge in [-0.15, -0.1) is 0 Å². The molecule has 118 valence electrons. The minimum atomic E-state index is -1.28. The largest absolute Gasteiger partial charge is 0.385 e. The lowest BCUT2D eigenvalue weighted by molar-refractivity contribution is -0.600. The van der Waals surface area contributed by atoms with Gasteiger partial charge in [-0.05, 0) is 51.4 Å². The van der Waals surface area contributed by atoms with Gasteiger partial charge in [0, 0.05) is 0 Å². The molecule has 4 unspecified atom stereocenters. The maximum Gasteiger partial charge on any atom is 0.315 e. The van der Waals surface area contributed by atoms with Gasteiger partial charge in [0.2, 0.25) is 0 Å². The molecule has 0 spiro atoms. The predicted molar refractivity (Wildman–Crippen MR) is 76.9 cm³/mol. The molecule has 4 atom stereocenters. The van der Waals surface area contributed by atoms with Crippen molar-refractivity contribution >= 4 is 0 Å². The zero-order valence-corrected chi connectivity index (χ0v) is 13.7. The van der Waals surface area contributed by atoms with Crippen LogP contribution in [-0.4, -0.2) is 29.1 Å². The molecule has 0 aromatic carbocycles. The smallest absolute Gasteiger partial charge is 0.315 e. The Labute approximate surface area is 122 Å². The molecule has 0 radical (unpaired) electrons. The highest BCUT2D eigenvalue weighted by atomic mass is 17.0. The molecule has 4 nitrogen and oxygen atoms in total. The zero-order valence-electron chi connectivity index (χ0n) is 13.7. The summed E-state index contributed by atoms with van der Waals surface area (Å²) in [6, 6.07) is 0. The first kappa shape index (κ1) is 16.2. The molecule has 20 heavy (non-hydrogen) atoms. The van der Waals surface area contributed by atoms with Gasteiger partial charge in [0.25, 0.3) is 0 Å². The summed E-state index contributed by atoms with van der Waals surface area (Å²) in [5.41, 5.74) is 0. The van der Waals surface area contributed by atoms with E-state index in [0.717, 1.165) is 6.42 Å². The number of hydrogen-bond donors (Lipinski definition) is 1. The zero-order chi connectivity index (χ0) is 15.1. The summed E-state index contributed by atoms with van der Waals surface area (Å²) in [6.07, 6.45) is 2.70. The van der Waals surface area contributed by atoms with Crippen molar-refractivity contribution in [1.82, 2.24) is 0 Å². The summed E-state index contributed by atoms with van der Waals surface area (Å²) in [5.74, 6) is -0.248. The van der Waals surface area contributed by atoms with Gasteiger partial charge in [0.1, 0.15) is 6.10 Å². The highest BCUT2D eigenvalue weighted by Gasteiger charge is 2.59. The molecule has 0 bridgehead atoms. The topological polar surface area (TPSA) is 47.9 Å². The summed E-state index contributed by atoms with van der Waals surface area (Å²) in [7, 11) is 0. The minimum absolute atomic E-state index is 0.0875. The Morgan fingerprint density at radius 3 is 2.20 bits per heavy atom. The van der Waals surface area contributed by atoms with E-state index >= 15 is 0 Å². The highest BCUT2D eigenvalue weighted by molar-refractivity contribution is 4.87. The van der Waals surface area contributed by atoms with Crippen LogP contribution in [0.2, 0.25) is 0 Å². The Kier molecular flexibility index (Phi) is 4.51. The van der Waals surface area contributed by atoms with E-state index in [1.54, 1.807) is 6.92 Å². The third-order valence-corrected chi connectivity index (χ3v) is 4.56. The van der Waals surface area contributed by atoms with Crippen molar-refractivity contribution in [2.75, 3.05) is 0 Å². The summed E-state index contributed by atoms with van der Waals surface area (Å²) < 4.78 is 17.7. The average molecular weight is 286 g/mol. The van der Waals surface area contributed by atoms with E-state index in [1.807, 2.05) is 13.8 Å². The minimum Gasteiger partial charge on any atom is -0.385 e. The van der Waals surface area contributed by atoms with Crippen molar-refractivity contribution in [3.8, 4) is 0 Å². The molecular formula is C16H30O4. The van der Waals surface area contributed by atoms with Gasteiger partial charge in [0.05, 0.1) is 6.10 Å². The van der Waals surface area contributed by atoms with Crippen LogP contribution in [0.3, 0.4) is 0 Å². The molecule has 0 aromatic heterocycles. The van der Waals surface area contributed by atoms with Crippen LogP contribution < -0.4 is 0 Å². The van der Waals surface area contributed by atoms with Crippen molar-refractivity contribution in [2.45, 2.75) is 84.8 Å². The number of hydrogen-bond acceptors (Lipinski definition) is 4. The lowest BCUT2D eigenvalue weighted by atomic mass is 9.75. The first-order valence-electron chi connectivity index (χ1n) is 7.91. The van der Waals surface area contributed by atoms with E-state index in [-0.39, 0.29) is 6.10 Å². The van der Waals surface area contributed by atoms with Crippen LogP contribution in [-0.2, 0) is 14.2 Å². The Bertz CT molecular complexity index is 329.